The average Bonchev–Trinajstić information content (AvgIpc) is 3.09. The molecule has 1 N–H and O–H groups in total. The van der Waals surface area contributed by atoms with Crippen LogP contribution in [0.4, 0.5) is 11.4 Å². The lowest BCUT2D eigenvalue weighted by molar-refractivity contribution is -0.384. The molecule has 0 aliphatic carbocycles. The van der Waals surface area contributed by atoms with Gasteiger partial charge >= 0.3 is 0 Å². The maximum absolute atomic E-state index is 12.3. The van der Waals surface area contributed by atoms with Gasteiger partial charge in [-0.3, -0.25) is 14.9 Å². The Bertz CT molecular complexity index is 1050. The molecule has 1 heterocycles. The van der Waals surface area contributed by atoms with Crippen molar-refractivity contribution in [3.8, 4) is 5.75 Å². The Morgan fingerprint density at radius 2 is 2.00 bits per heavy atom. The standard InChI is InChI=1S/C20H21N5O4S/c1-13-9-10-15(25(27)28)11-17(13)21-18(26)12-30-20-23-22-19(24(20)3)14(2)29-16-7-5-4-6-8-16/h4-11,14H,12H2,1-3H3,(H,21,26)/t14-/m0/s1. The third-order valence-electron chi connectivity index (χ3n) is 4.33. The lowest BCUT2D eigenvalue weighted by Gasteiger charge is -2.14. The number of aryl methyl sites for hydroxylation is 1. The van der Waals surface area contributed by atoms with E-state index in [1.807, 2.05) is 44.3 Å². The predicted octanol–water partition coefficient (Wildman–Crippen LogP) is 3.90. The van der Waals surface area contributed by atoms with Crippen molar-refractivity contribution in [1.29, 1.82) is 0 Å². The number of carbonyl (C=O) groups is 1. The normalized spacial score (nSPS) is 11.7. The molecule has 0 radical (unpaired) electrons. The van der Waals surface area contributed by atoms with E-state index >= 15 is 0 Å². The van der Waals surface area contributed by atoms with Gasteiger partial charge in [0, 0.05) is 19.2 Å². The Kier molecular flexibility index (Phi) is 6.68. The summed E-state index contributed by atoms with van der Waals surface area (Å²) in [5.41, 5.74) is 1.08. The number of rotatable bonds is 8. The molecule has 0 spiro atoms. The van der Waals surface area contributed by atoms with E-state index in [9.17, 15) is 14.9 Å². The van der Waals surface area contributed by atoms with Crippen molar-refractivity contribution in [1.82, 2.24) is 14.8 Å². The van der Waals surface area contributed by atoms with E-state index in [-0.39, 0.29) is 23.5 Å². The highest BCUT2D eigenvalue weighted by Gasteiger charge is 2.18. The summed E-state index contributed by atoms with van der Waals surface area (Å²) in [6.07, 6.45) is -0.319. The molecule has 2 aromatic carbocycles. The molecule has 3 rings (SSSR count). The number of hydrogen-bond acceptors (Lipinski definition) is 7. The minimum atomic E-state index is -0.496. The highest BCUT2D eigenvalue weighted by Crippen LogP contribution is 2.25. The maximum Gasteiger partial charge on any atom is 0.271 e. The number of benzene rings is 2. The van der Waals surface area contributed by atoms with Crippen LogP contribution in [0.3, 0.4) is 0 Å². The number of nitro benzene ring substituents is 1. The van der Waals surface area contributed by atoms with Crippen molar-refractivity contribution in [3.63, 3.8) is 0 Å². The summed E-state index contributed by atoms with van der Waals surface area (Å²) < 4.78 is 7.66. The Balaban J connectivity index is 1.61. The first-order chi connectivity index (χ1) is 14.3. The van der Waals surface area contributed by atoms with Gasteiger partial charge in [0.2, 0.25) is 5.91 Å². The molecule has 0 aliphatic rings. The van der Waals surface area contributed by atoms with Crippen molar-refractivity contribution < 1.29 is 14.5 Å². The molecule has 0 bridgehead atoms. The summed E-state index contributed by atoms with van der Waals surface area (Å²) in [6.45, 7) is 3.65. The molecule has 0 unspecified atom stereocenters. The number of anilines is 1. The number of para-hydroxylation sites is 1. The average molecular weight is 427 g/mol. The summed E-state index contributed by atoms with van der Waals surface area (Å²) in [5, 5.41) is 22.5. The van der Waals surface area contributed by atoms with E-state index in [4.69, 9.17) is 4.74 Å². The number of ether oxygens (including phenoxy) is 1. The number of nitrogens with one attached hydrogen (secondary N) is 1. The molecular formula is C20H21N5O4S. The second kappa shape index (κ2) is 9.40. The fourth-order valence-corrected chi connectivity index (χ4v) is 3.45. The first-order valence-corrected chi connectivity index (χ1v) is 10.1. The van der Waals surface area contributed by atoms with Crippen LogP contribution >= 0.6 is 11.8 Å². The number of thioether (sulfide) groups is 1. The molecule has 3 aromatic rings. The monoisotopic (exact) mass is 427 g/mol. The summed E-state index contributed by atoms with van der Waals surface area (Å²) in [5.74, 6) is 1.16. The Labute approximate surface area is 177 Å². The minimum absolute atomic E-state index is 0.0751. The molecule has 156 valence electrons. The summed E-state index contributed by atoms with van der Waals surface area (Å²) in [6, 6.07) is 13.8. The predicted molar refractivity (Wildman–Crippen MR) is 114 cm³/mol. The van der Waals surface area contributed by atoms with Gasteiger partial charge in [-0.15, -0.1) is 10.2 Å². The van der Waals surface area contributed by atoms with Gasteiger partial charge < -0.3 is 14.6 Å². The molecule has 10 heteroatoms. The molecule has 1 amide bonds. The van der Waals surface area contributed by atoms with Crippen LogP contribution in [-0.4, -0.2) is 31.3 Å². The Hall–Kier alpha value is -3.40. The number of nitrogens with zero attached hydrogens (tertiary/aromatic N) is 4. The molecular weight excluding hydrogens is 406 g/mol. The van der Waals surface area contributed by atoms with Crippen LogP contribution in [0.5, 0.6) is 5.75 Å². The first kappa shape index (κ1) is 21.3. The quantitative estimate of drug-likeness (QED) is 0.329. The van der Waals surface area contributed by atoms with E-state index in [1.54, 1.807) is 17.6 Å². The third-order valence-corrected chi connectivity index (χ3v) is 5.35. The fraction of sp³-hybridized carbons (Fsp3) is 0.250. The molecule has 0 aliphatic heterocycles. The molecule has 1 atom stereocenters. The van der Waals surface area contributed by atoms with E-state index in [0.29, 0.717) is 16.7 Å². The zero-order valence-electron chi connectivity index (χ0n) is 16.7. The number of carbonyl (C=O) groups excluding carboxylic acids is 1. The SMILES string of the molecule is Cc1ccc([N+](=O)[O-])cc1NC(=O)CSc1nnc([C@H](C)Oc2ccccc2)n1C. The van der Waals surface area contributed by atoms with Gasteiger partial charge in [-0.25, -0.2) is 0 Å². The lowest BCUT2D eigenvalue weighted by Crippen LogP contribution is -2.15. The molecule has 9 nitrogen and oxygen atoms in total. The molecule has 1 aromatic heterocycles. The van der Waals surface area contributed by atoms with Crippen LogP contribution in [0, 0.1) is 17.0 Å². The number of nitro groups is 1. The number of non-ortho nitro benzene ring substituents is 1. The smallest absolute Gasteiger partial charge is 0.271 e. The zero-order valence-corrected chi connectivity index (χ0v) is 17.5. The van der Waals surface area contributed by atoms with Gasteiger partial charge in [-0.2, -0.15) is 0 Å². The minimum Gasteiger partial charge on any atom is -0.483 e. The van der Waals surface area contributed by atoms with E-state index in [0.717, 1.165) is 11.3 Å². The number of hydrogen-bond donors (Lipinski definition) is 1. The van der Waals surface area contributed by atoms with Crippen molar-refractivity contribution in [2.75, 3.05) is 11.1 Å². The van der Waals surface area contributed by atoms with Gasteiger partial charge in [0.1, 0.15) is 5.75 Å². The summed E-state index contributed by atoms with van der Waals surface area (Å²) in [7, 11) is 1.81. The molecule has 0 saturated heterocycles. The van der Waals surface area contributed by atoms with Crippen LogP contribution in [-0.2, 0) is 11.8 Å². The molecule has 0 fully saturated rings. The largest absolute Gasteiger partial charge is 0.483 e. The second-order valence-electron chi connectivity index (χ2n) is 6.57. The van der Waals surface area contributed by atoms with Crippen molar-refractivity contribution in [2.45, 2.75) is 25.1 Å². The first-order valence-electron chi connectivity index (χ1n) is 9.14. The highest BCUT2D eigenvalue weighted by atomic mass is 32.2. The van der Waals surface area contributed by atoms with Crippen LogP contribution in [0.1, 0.15) is 24.4 Å². The molecule has 30 heavy (non-hydrogen) atoms. The van der Waals surface area contributed by atoms with E-state index in [2.05, 4.69) is 15.5 Å². The van der Waals surface area contributed by atoms with Crippen LogP contribution < -0.4 is 10.1 Å². The number of amides is 1. The molecule has 0 saturated carbocycles. The third kappa shape index (κ3) is 5.15. The van der Waals surface area contributed by atoms with Gasteiger partial charge in [-0.05, 0) is 31.5 Å². The van der Waals surface area contributed by atoms with Gasteiger partial charge in [0.25, 0.3) is 5.69 Å². The van der Waals surface area contributed by atoms with Gasteiger partial charge in [0.15, 0.2) is 17.1 Å². The Morgan fingerprint density at radius 3 is 2.70 bits per heavy atom. The van der Waals surface area contributed by atoms with Gasteiger partial charge in [-0.1, -0.05) is 36.0 Å². The second-order valence-corrected chi connectivity index (χ2v) is 7.51. The maximum atomic E-state index is 12.3. The fourth-order valence-electron chi connectivity index (χ4n) is 2.74. The van der Waals surface area contributed by atoms with Crippen LogP contribution in [0.25, 0.3) is 0 Å². The van der Waals surface area contributed by atoms with Crippen molar-refractivity contribution >= 4 is 29.0 Å². The number of aromatic nitrogens is 3. The van der Waals surface area contributed by atoms with Crippen LogP contribution in [0.15, 0.2) is 53.7 Å². The van der Waals surface area contributed by atoms with Crippen molar-refractivity contribution in [3.05, 3.63) is 70.0 Å². The van der Waals surface area contributed by atoms with Crippen LogP contribution in [0.2, 0.25) is 0 Å². The van der Waals surface area contributed by atoms with E-state index in [1.165, 1.54) is 23.9 Å². The van der Waals surface area contributed by atoms with E-state index < -0.39 is 4.92 Å². The zero-order chi connectivity index (χ0) is 21.7. The highest BCUT2D eigenvalue weighted by molar-refractivity contribution is 7.99. The topological polar surface area (TPSA) is 112 Å². The lowest BCUT2D eigenvalue weighted by atomic mass is 10.2. The Morgan fingerprint density at radius 1 is 1.27 bits per heavy atom. The van der Waals surface area contributed by atoms with Gasteiger partial charge in [0.05, 0.1) is 16.4 Å². The summed E-state index contributed by atoms with van der Waals surface area (Å²) >= 11 is 1.22. The van der Waals surface area contributed by atoms with Crippen molar-refractivity contribution in [2.24, 2.45) is 7.05 Å². The summed E-state index contributed by atoms with van der Waals surface area (Å²) in [4.78, 5) is 22.8.